The number of hydrogen-bond acceptors (Lipinski definition) is 6. The molecule has 1 saturated heterocycles. The number of aliphatic carboxylic acids is 1. The monoisotopic (exact) mass is 479 g/mol. The average Bonchev–Trinajstić information content (AvgIpc) is 3.53. The number of carbonyl (C=O) groups is 1. The Morgan fingerprint density at radius 3 is 2.97 bits per heavy atom. The van der Waals surface area contributed by atoms with Crippen molar-refractivity contribution >= 4 is 11.8 Å². The minimum absolute atomic E-state index is 0.0859. The summed E-state index contributed by atoms with van der Waals surface area (Å²) in [5, 5.41) is 13.5. The second-order valence-electron chi connectivity index (χ2n) is 10.1. The molecule has 2 aliphatic heterocycles. The first-order valence-corrected chi connectivity index (χ1v) is 13.1. The van der Waals surface area contributed by atoms with Crippen molar-refractivity contribution in [2.75, 3.05) is 38.7 Å². The molecule has 188 valence electrons. The van der Waals surface area contributed by atoms with Gasteiger partial charge in [0.05, 0.1) is 12.2 Å². The Kier molecular flexibility index (Phi) is 7.66. The van der Waals surface area contributed by atoms with E-state index in [1.54, 1.807) is 7.11 Å². The molecule has 1 aromatic carbocycles. The fourth-order valence-electron chi connectivity index (χ4n) is 5.63. The number of pyridine rings is 1. The van der Waals surface area contributed by atoms with Crippen LogP contribution in [0.3, 0.4) is 0 Å². The Hall–Kier alpha value is -2.48. The number of hydrogen-bond donors (Lipinski definition) is 2. The maximum absolute atomic E-state index is 12.3. The van der Waals surface area contributed by atoms with Crippen LogP contribution >= 0.6 is 0 Å². The summed E-state index contributed by atoms with van der Waals surface area (Å²) in [5.74, 6) is 0.567. The number of benzene rings is 1. The highest BCUT2D eigenvalue weighted by atomic mass is 16.5. The lowest BCUT2D eigenvalue weighted by Gasteiger charge is -2.26. The molecule has 35 heavy (non-hydrogen) atoms. The number of anilines is 1. The average molecular weight is 480 g/mol. The SMILES string of the molecule is CO[C@H]1C[C@@H]1c1ccccc1[C@@H](C(=O)O)N1CC[C@@H](OCCCCc2ccc3c(n2)NCCC3)C1. The van der Waals surface area contributed by atoms with E-state index >= 15 is 0 Å². The topological polar surface area (TPSA) is 83.9 Å². The normalized spacial score (nSPS) is 24.5. The first kappa shape index (κ1) is 24.2. The summed E-state index contributed by atoms with van der Waals surface area (Å²) < 4.78 is 11.7. The Morgan fingerprint density at radius 2 is 2.14 bits per heavy atom. The third kappa shape index (κ3) is 5.68. The predicted octanol–water partition coefficient (Wildman–Crippen LogP) is 4.18. The van der Waals surface area contributed by atoms with Crippen LogP contribution in [0.1, 0.15) is 66.4 Å². The molecular formula is C28H37N3O4. The van der Waals surface area contributed by atoms with Crippen LogP contribution in [0, 0.1) is 0 Å². The summed E-state index contributed by atoms with van der Waals surface area (Å²) in [7, 11) is 1.73. The molecular weight excluding hydrogens is 442 g/mol. The van der Waals surface area contributed by atoms with E-state index in [0.29, 0.717) is 19.1 Å². The number of nitrogens with one attached hydrogen (secondary N) is 1. The van der Waals surface area contributed by atoms with Gasteiger partial charge in [0.2, 0.25) is 0 Å². The Morgan fingerprint density at radius 1 is 1.26 bits per heavy atom. The van der Waals surface area contributed by atoms with Gasteiger partial charge in [-0.25, -0.2) is 4.98 Å². The number of nitrogens with zero attached hydrogens (tertiary/aromatic N) is 2. The van der Waals surface area contributed by atoms with Crippen LogP contribution in [0.15, 0.2) is 36.4 Å². The number of carboxylic acids is 1. The highest BCUT2D eigenvalue weighted by molar-refractivity contribution is 5.76. The summed E-state index contributed by atoms with van der Waals surface area (Å²) in [4.78, 5) is 19.2. The molecule has 3 heterocycles. The highest BCUT2D eigenvalue weighted by Crippen LogP contribution is 2.46. The number of aromatic nitrogens is 1. The molecule has 1 aromatic heterocycles. The molecule has 0 radical (unpaired) electrons. The van der Waals surface area contributed by atoms with Crippen molar-refractivity contribution in [1.29, 1.82) is 0 Å². The zero-order valence-corrected chi connectivity index (χ0v) is 20.6. The largest absolute Gasteiger partial charge is 0.480 e. The second kappa shape index (κ2) is 11.1. The predicted molar refractivity (Wildman–Crippen MR) is 135 cm³/mol. The van der Waals surface area contributed by atoms with E-state index in [1.165, 1.54) is 12.0 Å². The summed E-state index contributed by atoms with van der Waals surface area (Å²) in [6.07, 6.45) is 7.39. The number of fused-ring (bicyclic) bond motifs is 1. The Labute approximate surface area is 207 Å². The minimum Gasteiger partial charge on any atom is -0.480 e. The van der Waals surface area contributed by atoms with Crippen molar-refractivity contribution in [3.05, 3.63) is 58.8 Å². The molecule has 0 bridgehead atoms. The summed E-state index contributed by atoms with van der Waals surface area (Å²) in [6, 6.07) is 11.7. The molecule has 7 heteroatoms. The first-order chi connectivity index (χ1) is 17.1. The standard InChI is InChI=1S/C28H37N3O4/c1-34-25-17-24(25)22-9-2-3-10-23(22)26(28(32)33)31-15-13-21(18-31)35-16-5-4-8-20-12-11-19-7-6-14-29-27(19)30-20/h2-3,9-12,21,24-26H,4-8,13-18H2,1H3,(H,29,30)(H,32,33)/t21-,24-,25+,26+/m1/s1. The maximum Gasteiger partial charge on any atom is 0.325 e. The number of ether oxygens (including phenoxy) is 2. The van der Waals surface area contributed by atoms with Crippen LogP contribution in [0.4, 0.5) is 5.82 Å². The van der Waals surface area contributed by atoms with Gasteiger partial charge in [-0.2, -0.15) is 0 Å². The highest BCUT2D eigenvalue weighted by Gasteiger charge is 2.43. The zero-order valence-electron chi connectivity index (χ0n) is 20.6. The minimum atomic E-state index is -0.792. The smallest absolute Gasteiger partial charge is 0.325 e. The lowest BCUT2D eigenvalue weighted by molar-refractivity contribution is -0.143. The van der Waals surface area contributed by atoms with Crippen molar-refractivity contribution in [2.24, 2.45) is 0 Å². The van der Waals surface area contributed by atoms with Crippen molar-refractivity contribution in [1.82, 2.24) is 9.88 Å². The zero-order chi connectivity index (χ0) is 24.2. The van der Waals surface area contributed by atoms with Crippen molar-refractivity contribution in [3.63, 3.8) is 0 Å². The van der Waals surface area contributed by atoms with Gasteiger partial charge in [-0.15, -0.1) is 0 Å². The molecule has 2 aromatic rings. The van der Waals surface area contributed by atoms with Crippen molar-refractivity contribution in [3.8, 4) is 0 Å². The quantitative estimate of drug-likeness (QED) is 0.468. The molecule has 1 aliphatic carbocycles. The summed E-state index contributed by atoms with van der Waals surface area (Å²) in [6.45, 7) is 3.11. The lowest BCUT2D eigenvalue weighted by atomic mass is 9.96. The number of aryl methyl sites for hydroxylation is 2. The van der Waals surface area contributed by atoms with Gasteiger partial charge in [-0.1, -0.05) is 30.3 Å². The third-order valence-corrected chi connectivity index (χ3v) is 7.63. The van der Waals surface area contributed by atoms with E-state index in [2.05, 4.69) is 28.4 Å². The van der Waals surface area contributed by atoms with Gasteiger partial charge in [0, 0.05) is 45.0 Å². The van der Waals surface area contributed by atoms with Gasteiger partial charge in [-0.3, -0.25) is 9.69 Å². The Balaban J connectivity index is 1.10. The molecule has 1 saturated carbocycles. The number of rotatable bonds is 11. The van der Waals surface area contributed by atoms with Crippen LogP contribution in [0.25, 0.3) is 0 Å². The third-order valence-electron chi connectivity index (χ3n) is 7.63. The van der Waals surface area contributed by atoms with Gasteiger partial charge in [-0.05, 0) is 67.7 Å². The van der Waals surface area contributed by atoms with E-state index in [1.807, 2.05) is 18.2 Å². The van der Waals surface area contributed by atoms with Crippen LogP contribution in [-0.4, -0.2) is 66.5 Å². The van der Waals surface area contributed by atoms with Gasteiger partial charge < -0.3 is 19.9 Å². The van der Waals surface area contributed by atoms with E-state index in [-0.39, 0.29) is 12.2 Å². The second-order valence-corrected chi connectivity index (χ2v) is 10.1. The summed E-state index contributed by atoms with van der Waals surface area (Å²) >= 11 is 0. The first-order valence-electron chi connectivity index (χ1n) is 13.1. The number of likely N-dealkylation sites (tertiary alicyclic amines) is 1. The van der Waals surface area contributed by atoms with Gasteiger partial charge in [0.25, 0.3) is 0 Å². The van der Waals surface area contributed by atoms with Gasteiger partial charge >= 0.3 is 5.97 Å². The fourth-order valence-corrected chi connectivity index (χ4v) is 5.63. The molecule has 2 fully saturated rings. The van der Waals surface area contributed by atoms with Crippen molar-refractivity contribution in [2.45, 2.75) is 69.1 Å². The molecule has 0 spiro atoms. The van der Waals surface area contributed by atoms with Crippen LogP contribution in [-0.2, 0) is 27.1 Å². The van der Waals surface area contributed by atoms with Gasteiger partial charge in [0.15, 0.2) is 0 Å². The van der Waals surface area contributed by atoms with Crippen LogP contribution in [0.5, 0.6) is 0 Å². The lowest BCUT2D eigenvalue weighted by Crippen LogP contribution is -2.34. The number of carboxylic acid groups (broad SMARTS) is 1. The van der Waals surface area contributed by atoms with E-state index in [9.17, 15) is 9.90 Å². The van der Waals surface area contributed by atoms with Crippen LogP contribution < -0.4 is 5.32 Å². The molecule has 0 unspecified atom stereocenters. The molecule has 5 rings (SSSR count). The van der Waals surface area contributed by atoms with E-state index < -0.39 is 12.0 Å². The van der Waals surface area contributed by atoms with Crippen LogP contribution in [0.2, 0.25) is 0 Å². The molecule has 4 atom stereocenters. The summed E-state index contributed by atoms with van der Waals surface area (Å²) in [5.41, 5.74) is 4.48. The molecule has 3 aliphatic rings. The molecule has 2 N–H and O–H groups in total. The van der Waals surface area contributed by atoms with E-state index in [0.717, 1.165) is 74.3 Å². The number of unbranched alkanes of at least 4 members (excludes halogenated alkanes) is 1. The molecule has 7 nitrogen and oxygen atoms in total. The van der Waals surface area contributed by atoms with Gasteiger partial charge in [0.1, 0.15) is 11.9 Å². The van der Waals surface area contributed by atoms with E-state index in [4.69, 9.17) is 14.5 Å². The molecule has 0 amide bonds. The number of methoxy groups -OCH3 is 1. The van der Waals surface area contributed by atoms with Crippen molar-refractivity contribution < 1.29 is 19.4 Å². The Bertz CT molecular complexity index is 1030. The fraction of sp³-hybridized carbons (Fsp3) is 0.571. The maximum atomic E-state index is 12.3.